The van der Waals surface area contributed by atoms with Gasteiger partial charge in [-0.25, -0.2) is 13.1 Å². The molecule has 0 heterocycles. The van der Waals surface area contributed by atoms with Crippen LogP contribution in [-0.2, 0) is 21.2 Å². The van der Waals surface area contributed by atoms with Crippen molar-refractivity contribution in [2.45, 2.75) is 25.2 Å². The van der Waals surface area contributed by atoms with Crippen LogP contribution in [0.15, 0.2) is 53.4 Å². The van der Waals surface area contributed by atoms with Gasteiger partial charge in [-0.1, -0.05) is 26.0 Å². The third-order valence-corrected chi connectivity index (χ3v) is 5.34. The van der Waals surface area contributed by atoms with Gasteiger partial charge in [0.25, 0.3) is 11.8 Å². The number of sulfonamides is 1. The van der Waals surface area contributed by atoms with E-state index in [2.05, 4.69) is 15.6 Å². The Morgan fingerprint density at radius 3 is 2.14 bits per heavy atom. The Balaban J connectivity index is 1.83. The van der Waals surface area contributed by atoms with Crippen LogP contribution in [0.2, 0.25) is 0 Å². The van der Waals surface area contributed by atoms with Crippen molar-refractivity contribution in [3.63, 3.8) is 0 Å². The Morgan fingerprint density at radius 1 is 0.929 bits per heavy atom. The fraction of sp³-hybridized carbons (Fsp3) is 0.263. The van der Waals surface area contributed by atoms with Gasteiger partial charge in [-0.3, -0.25) is 20.4 Å². The first kappa shape index (κ1) is 21.4. The van der Waals surface area contributed by atoms with E-state index in [1.165, 1.54) is 24.3 Å². The Hall–Kier alpha value is -2.91. The lowest BCUT2D eigenvalue weighted by molar-refractivity contribution is -0.123. The highest BCUT2D eigenvalue weighted by molar-refractivity contribution is 7.89. The fourth-order valence-electron chi connectivity index (χ4n) is 2.26. The van der Waals surface area contributed by atoms with Crippen molar-refractivity contribution >= 4 is 21.8 Å². The van der Waals surface area contributed by atoms with E-state index < -0.39 is 21.8 Å². The second-order valence-electron chi connectivity index (χ2n) is 5.81. The number of aryl methyl sites for hydroxylation is 1. The number of carbonyl (C=O) groups excluding carboxylic acids is 2. The van der Waals surface area contributed by atoms with Crippen molar-refractivity contribution in [3.05, 3.63) is 59.7 Å². The summed E-state index contributed by atoms with van der Waals surface area (Å²) in [5.74, 6) is -0.552. The van der Waals surface area contributed by atoms with E-state index in [0.717, 1.165) is 12.0 Å². The van der Waals surface area contributed by atoms with Crippen molar-refractivity contribution in [2.75, 3.05) is 13.2 Å². The van der Waals surface area contributed by atoms with Crippen LogP contribution in [0.25, 0.3) is 0 Å². The van der Waals surface area contributed by atoms with E-state index in [0.29, 0.717) is 5.75 Å². The molecule has 0 fully saturated rings. The van der Waals surface area contributed by atoms with Gasteiger partial charge in [0.1, 0.15) is 5.75 Å². The van der Waals surface area contributed by atoms with Crippen LogP contribution in [0.3, 0.4) is 0 Å². The monoisotopic (exact) mass is 405 g/mol. The summed E-state index contributed by atoms with van der Waals surface area (Å²) in [5, 5.41) is 0. The molecule has 8 nitrogen and oxygen atoms in total. The van der Waals surface area contributed by atoms with Crippen molar-refractivity contribution in [1.82, 2.24) is 15.6 Å². The molecule has 150 valence electrons. The molecule has 2 rings (SSSR count). The van der Waals surface area contributed by atoms with Crippen molar-refractivity contribution in [3.8, 4) is 5.75 Å². The zero-order valence-electron chi connectivity index (χ0n) is 15.7. The summed E-state index contributed by atoms with van der Waals surface area (Å²) in [7, 11) is -3.58. The quantitative estimate of drug-likeness (QED) is 0.575. The number of rotatable bonds is 8. The van der Waals surface area contributed by atoms with Gasteiger partial charge in [-0.2, -0.15) is 0 Å². The highest BCUT2D eigenvalue weighted by Gasteiger charge is 2.14. The molecule has 0 saturated heterocycles. The summed E-state index contributed by atoms with van der Waals surface area (Å²) >= 11 is 0. The van der Waals surface area contributed by atoms with E-state index in [-0.39, 0.29) is 23.6 Å². The van der Waals surface area contributed by atoms with Crippen molar-refractivity contribution in [1.29, 1.82) is 0 Å². The van der Waals surface area contributed by atoms with Crippen LogP contribution in [0.4, 0.5) is 0 Å². The van der Waals surface area contributed by atoms with Crippen LogP contribution >= 0.6 is 0 Å². The first-order chi connectivity index (χ1) is 13.4. The fourth-order valence-corrected chi connectivity index (χ4v) is 3.30. The molecule has 0 aliphatic carbocycles. The maximum atomic E-state index is 12.0. The maximum absolute atomic E-state index is 12.0. The standard InChI is InChI=1S/C19H23N3O5S/c1-3-14-5-9-16(10-6-14)27-13-18(23)21-22-19(24)15-7-11-17(12-8-15)28(25,26)20-4-2/h5-12,20H,3-4,13H2,1-2H3,(H,21,23)(H,22,24). The smallest absolute Gasteiger partial charge is 0.276 e. The van der Waals surface area contributed by atoms with E-state index in [4.69, 9.17) is 4.74 Å². The zero-order valence-corrected chi connectivity index (χ0v) is 16.5. The second-order valence-corrected chi connectivity index (χ2v) is 7.58. The first-order valence-electron chi connectivity index (χ1n) is 8.76. The molecule has 0 atom stereocenters. The minimum absolute atomic E-state index is 0.0532. The molecule has 0 aliphatic heterocycles. The Labute approximate surface area is 164 Å². The number of hydrazine groups is 1. The van der Waals surface area contributed by atoms with Gasteiger partial charge in [0.15, 0.2) is 6.61 Å². The van der Waals surface area contributed by atoms with E-state index >= 15 is 0 Å². The third-order valence-electron chi connectivity index (χ3n) is 3.78. The number of carbonyl (C=O) groups is 2. The van der Waals surface area contributed by atoms with Crippen molar-refractivity contribution < 1.29 is 22.7 Å². The maximum Gasteiger partial charge on any atom is 0.276 e. The molecule has 3 N–H and O–H groups in total. The highest BCUT2D eigenvalue weighted by Crippen LogP contribution is 2.12. The van der Waals surface area contributed by atoms with Gasteiger partial charge in [-0.15, -0.1) is 0 Å². The molecule has 0 unspecified atom stereocenters. The summed E-state index contributed by atoms with van der Waals surface area (Å²) in [4.78, 5) is 23.9. The highest BCUT2D eigenvalue weighted by atomic mass is 32.2. The van der Waals surface area contributed by atoms with Crippen LogP contribution in [0, 0.1) is 0 Å². The molecule has 2 amide bonds. The summed E-state index contributed by atoms with van der Waals surface area (Å²) in [5.41, 5.74) is 5.86. The predicted molar refractivity (Wildman–Crippen MR) is 104 cm³/mol. The Bertz CT molecular complexity index is 910. The molecule has 9 heteroatoms. The second kappa shape index (κ2) is 9.86. The summed E-state index contributed by atoms with van der Waals surface area (Å²) in [6.07, 6.45) is 0.912. The summed E-state index contributed by atoms with van der Waals surface area (Å²) in [6, 6.07) is 12.7. The van der Waals surface area contributed by atoms with E-state index in [1.54, 1.807) is 19.1 Å². The van der Waals surface area contributed by atoms with Crippen LogP contribution in [0.5, 0.6) is 5.75 Å². The molecule has 0 aromatic heterocycles. The minimum Gasteiger partial charge on any atom is -0.484 e. The van der Waals surface area contributed by atoms with Gasteiger partial charge in [0.05, 0.1) is 4.90 Å². The summed E-state index contributed by atoms with van der Waals surface area (Å²) < 4.78 is 31.4. The van der Waals surface area contributed by atoms with Gasteiger partial charge in [0.2, 0.25) is 10.0 Å². The van der Waals surface area contributed by atoms with Crippen molar-refractivity contribution in [2.24, 2.45) is 0 Å². The predicted octanol–water partition coefficient (Wildman–Crippen LogP) is 1.39. The normalized spacial score (nSPS) is 10.9. The number of hydrogen-bond acceptors (Lipinski definition) is 5. The van der Waals surface area contributed by atoms with Gasteiger partial charge in [0, 0.05) is 12.1 Å². The average Bonchev–Trinajstić information content (AvgIpc) is 2.71. The molecule has 2 aromatic carbocycles. The zero-order chi connectivity index (χ0) is 20.6. The molecule has 0 spiro atoms. The molecule has 0 bridgehead atoms. The minimum atomic E-state index is -3.58. The molecule has 0 saturated carbocycles. The lowest BCUT2D eigenvalue weighted by atomic mass is 10.2. The van der Waals surface area contributed by atoms with Crippen LogP contribution in [0.1, 0.15) is 29.8 Å². The molecule has 0 aliphatic rings. The molecular formula is C19H23N3O5S. The largest absolute Gasteiger partial charge is 0.484 e. The SMILES string of the molecule is CCNS(=O)(=O)c1ccc(C(=O)NNC(=O)COc2ccc(CC)cc2)cc1. The molecular weight excluding hydrogens is 382 g/mol. The van der Waals surface area contributed by atoms with E-state index in [1.807, 2.05) is 19.1 Å². The molecule has 2 aromatic rings. The number of benzene rings is 2. The number of nitrogens with one attached hydrogen (secondary N) is 3. The Kier molecular flexibility index (Phi) is 7.53. The average molecular weight is 405 g/mol. The van der Waals surface area contributed by atoms with Crippen LogP contribution < -0.4 is 20.3 Å². The van der Waals surface area contributed by atoms with E-state index in [9.17, 15) is 18.0 Å². The Morgan fingerprint density at radius 2 is 1.57 bits per heavy atom. The van der Waals surface area contributed by atoms with Gasteiger partial charge in [-0.05, 0) is 48.4 Å². The number of amides is 2. The van der Waals surface area contributed by atoms with Gasteiger partial charge >= 0.3 is 0 Å². The summed E-state index contributed by atoms with van der Waals surface area (Å²) in [6.45, 7) is 3.72. The number of ether oxygens (including phenoxy) is 1. The topological polar surface area (TPSA) is 114 Å². The molecule has 0 radical (unpaired) electrons. The first-order valence-corrected chi connectivity index (χ1v) is 10.2. The van der Waals surface area contributed by atoms with Gasteiger partial charge < -0.3 is 4.74 Å². The lowest BCUT2D eigenvalue weighted by Gasteiger charge is -2.10. The third kappa shape index (κ3) is 6.07. The molecule has 28 heavy (non-hydrogen) atoms. The lowest BCUT2D eigenvalue weighted by Crippen LogP contribution is -2.43. The number of hydrogen-bond donors (Lipinski definition) is 3. The van der Waals surface area contributed by atoms with Crippen LogP contribution in [-0.4, -0.2) is 33.4 Å².